The molecule has 7 nitrogen and oxygen atoms in total. The molecule has 2 aromatic rings. The Morgan fingerprint density at radius 1 is 1.21 bits per heavy atom. The smallest absolute Gasteiger partial charge is 0.256 e. The van der Waals surface area contributed by atoms with Crippen molar-refractivity contribution in [1.29, 1.82) is 0 Å². The monoisotopic (exact) mass is 416 g/mol. The van der Waals surface area contributed by atoms with E-state index in [9.17, 15) is 9.90 Å². The summed E-state index contributed by atoms with van der Waals surface area (Å²) in [5.74, 6) is -0.125. The summed E-state index contributed by atoms with van der Waals surface area (Å²) in [6.07, 6.45) is 4.06. The van der Waals surface area contributed by atoms with Crippen molar-refractivity contribution in [3.63, 3.8) is 0 Å². The van der Waals surface area contributed by atoms with Crippen LogP contribution in [0.25, 0.3) is 5.69 Å². The number of hydrogen-bond acceptors (Lipinski definition) is 5. The van der Waals surface area contributed by atoms with E-state index in [4.69, 9.17) is 4.43 Å². The van der Waals surface area contributed by atoms with Gasteiger partial charge in [-0.15, -0.1) is 0 Å². The molecule has 0 bridgehead atoms. The molecule has 158 valence electrons. The average Bonchev–Trinajstić information content (AvgIpc) is 3.20. The van der Waals surface area contributed by atoms with Crippen LogP contribution in [0.15, 0.2) is 36.7 Å². The molecule has 0 radical (unpaired) electrons. The number of aliphatic hydroxyl groups excluding tert-OH is 1. The first kappa shape index (κ1) is 21.7. The van der Waals surface area contributed by atoms with Crippen LogP contribution in [-0.4, -0.2) is 64.5 Å². The first-order valence-corrected chi connectivity index (χ1v) is 13.1. The highest BCUT2D eigenvalue weighted by Crippen LogP contribution is 2.37. The SMILES string of the molecule is CC(C)(C)[Si](C)(C)OC[C@@H]1CC[C@@H](O)CN1C(=O)c1ccccc1-n1nccn1. The first-order chi connectivity index (χ1) is 13.6. The van der Waals surface area contributed by atoms with E-state index < -0.39 is 14.4 Å². The lowest BCUT2D eigenvalue weighted by molar-refractivity contribution is 0.0152. The van der Waals surface area contributed by atoms with Gasteiger partial charge in [0.25, 0.3) is 5.91 Å². The molecule has 1 aromatic carbocycles. The minimum absolute atomic E-state index is 0.0568. The highest BCUT2D eigenvalue weighted by Gasteiger charge is 2.39. The van der Waals surface area contributed by atoms with Gasteiger partial charge in [0.1, 0.15) is 0 Å². The van der Waals surface area contributed by atoms with Crippen molar-refractivity contribution in [3.8, 4) is 5.69 Å². The molecule has 0 unspecified atom stereocenters. The van der Waals surface area contributed by atoms with Crippen molar-refractivity contribution in [3.05, 3.63) is 42.2 Å². The molecule has 0 aliphatic carbocycles. The van der Waals surface area contributed by atoms with Gasteiger partial charge in [-0.1, -0.05) is 32.9 Å². The van der Waals surface area contributed by atoms with Gasteiger partial charge in [0.15, 0.2) is 8.32 Å². The van der Waals surface area contributed by atoms with Crippen LogP contribution in [0.1, 0.15) is 44.0 Å². The van der Waals surface area contributed by atoms with Crippen molar-refractivity contribution in [2.45, 2.75) is 63.9 Å². The molecule has 1 aliphatic heterocycles. The number of hydrogen-bond donors (Lipinski definition) is 1. The van der Waals surface area contributed by atoms with Crippen LogP contribution in [0.4, 0.5) is 0 Å². The number of amides is 1. The molecular formula is C21H32N4O3Si. The fraction of sp³-hybridized carbons (Fsp3) is 0.571. The number of benzene rings is 1. The van der Waals surface area contributed by atoms with Crippen molar-refractivity contribution in [2.75, 3.05) is 13.2 Å². The molecule has 0 spiro atoms. The Kier molecular flexibility index (Phi) is 6.26. The lowest BCUT2D eigenvalue weighted by Gasteiger charge is -2.42. The standard InChI is InChI=1S/C21H32N4O3Si/c1-21(2,3)29(4,5)28-15-16-10-11-17(26)14-24(16)20(27)18-8-6-7-9-19(18)25-22-12-13-23-25/h6-9,12-13,16-17,26H,10-11,14-15H2,1-5H3/t16-,17+/m0/s1. The molecule has 3 rings (SSSR count). The van der Waals surface area contributed by atoms with Crippen LogP contribution < -0.4 is 0 Å². The van der Waals surface area contributed by atoms with Crippen LogP contribution in [-0.2, 0) is 4.43 Å². The molecule has 0 saturated carbocycles. The Morgan fingerprint density at radius 3 is 2.52 bits per heavy atom. The number of piperidine rings is 1. The van der Waals surface area contributed by atoms with Crippen molar-refractivity contribution in [2.24, 2.45) is 0 Å². The Labute approximate surface area is 173 Å². The summed E-state index contributed by atoms with van der Waals surface area (Å²) < 4.78 is 6.42. The molecular weight excluding hydrogens is 384 g/mol. The Hall–Kier alpha value is -2.03. The summed E-state index contributed by atoms with van der Waals surface area (Å²) in [4.78, 5) is 16.7. The van der Waals surface area contributed by atoms with Gasteiger partial charge in [-0.2, -0.15) is 15.0 Å². The van der Waals surface area contributed by atoms with Gasteiger partial charge in [0, 0.05) is 6.54 Å². The van der Waals surface area contributed by atoms with E-state index in [0.29, 0.717) is 30.8 Å². The van der Waals surface area contributed by atoms with Gasteiger partial charge < -0.3 is 14.4 Å². The second-order valence-electron chi connectivity index (χ2n) is 9.25. The highest BCUT2D eigenvalue weighted by molar-refractivity contribution is 6.74. The molecule has 1 saturated heterocycles. The Bertz CT molecular complexity index is 833. The number of carbonyl (C=O) groups excluding carboxylic acids is 1. The van der Waals surface area contributed by atoms with Crippen LogP contribution >= 0.6 is 0 Å². The van der Waals surface area contributed by atoms with Crippen molar-refractivity contribution in [1.82, 2.24) is 19.9 Å². The molecule has 2 atom stereocenters. The van der Waals surface area contributed by atoms with Gasteiger partial charge in [0.2, 0.25) is 0 Å². The van der Waals surface area contributed by atoms with Crippen LogP contribution in [0, 0.1) is 0 Å². The topological polar surface area (TPSA) is 80.5 Å². The number of nitrogens with zero attached hydrogens (tertiary/aromatic N) is 4. The second-order valence-corrected chi connectivity index (χ2v) is 14.1. The molecule has 1 N–H and O–H groups in total. The largest absolute Gasteiger partial charge is 0.415 e. The number of carbonyl (C=O) groups is 1. The number of aromatic nitrogens is 3. The van der Waals surface area contributed by atoms with E-state index in [1.807, 2.05) is 18.2 Å². The fourth-order valence-corrected chi connectivity index (χ4v) is 4.32. The van der Waals surface area contributed by atoms with E-state index in [0.717, 1.165) is 6.42 Å². The fourth-order valence-electron chi connectivity index (χ4n) is 3.27. The van der Waals surface area contributed by atoms with E-state index in [1.165, 1.54) is 4.80 Å². The van der Waals surface area contributed by atoms with Gasteiger partial charge in [-0.25, -0.2) is 0 Å². The van der Waals surface area contributed by atoms with Crippen molar-refractivity contribution < 1.29 is 14.3 Å². The number of rotatable bonds is 5. The second kappa shape index (κ2) is 8.37. The number of para-hydroxylation sites is 1. The molecule has 8 heteroatoms. The summed E-state index contributed by atoms with van der Waals surface area (Å²) in [5.41, 5.74) is 1.15. The van der Waals surface area contributed by atoms with E-state index in [2.05, 4.69) is 44.1 Å². The minimum atomic E-state index is -1.93. The summed E-state index contributed by atoms with van der Waals surface area (Å²) >= 11 is 0. The molecule has 29 heavy (non-hydrogen) atoms. The third-order valence-corrected chi connectivity index (χ3v) is 10.7. The maximum absolute atomic E-state index is 13.5. The lowest BCUT2D eigenvalue weighted by atomic mass is 9.99. The van der Waals surface area contributed by atoms with E-state index >= 15 is 0 Å². The summed E-state index contributed by atoms with van der Waals surface area (Å²) in [5, 5.41) is 18.7. The molecule has 1 fully saturated rings. The number of likely N-dealkylation sites (tertiary alicyclic amines) is 1. The van der Waals surface area contributed by atoms with Crippen LogP contribution in [0.5, 0.6) is 0 Å². The third kappa shape index (κ3) is 4.76. The van der Waals surface area contributed by atoms with E-state index in [1.54, 1.807) is 23.4 Å². The first-order valence-electron chi connectivity index (χ1n) is 10.2. The number of aliphatic hydroxyl groups is 1. The van der Waals surface area contributed by atoms with Gasteiger partial charge in [0.05, 0.1) is 42.4 Å². The predicted molar refractivity (Wildman–Crippen MR) is 115 cm³/mol. The highest BCUT2D eigenvalue weighted by atomic mass is 28.4. The average molecular weight is 417 g/mol. The zero-order valence-corrected chi connectivity index (χ0v) is 19.0. The lowest BCUT2D eigenvalue weighted by Crippen LogP contribution is -2.53. The molecule has 2 heterocycles. The van der Waals surface area contributed by atoms with Crippen molar-refractivity contribution >= 4 is 14.2 Å². The maximum atomic E-state index is 13.5. The Balaban J connectivity index is 1.84. The Morgan fingerprint density at radius 2 is 1.86 bits per heavy atom. The molecule has 1 aromatic heterocycles. The third-order valence-electron chi connectivity index (χ3n) is 6.15. The zero-order valence-electron chi connectivity index (χ0n) is 18.0. The van der Waals surface area contributed by atoms with Gasteiger partial charge in [-0.05, 0) is 43.1 Å². The van der Waals surface area contributed by atoms with Crippen LogP contribution in [0.3, 0.4) is 0 Å². The molecule has 1 aliphatic rings. The summed E-state index contributed by atoms with van der Waals surface area (Å²) in [6.45, 7) is 11.9. The van der Waals surface area contributed by atoms with Gasteiger partial charge in [-0.3, -0.25) is 4.79 Å². The number of β-amino-alcohol motifs (C(OH)–C–C–N with tert-alkyl or cyclic N) is 1. The normalized spacial score (nSPS) is 20.7. The predicted octanol–water partition coefficient (Wildman–Crippen LogP) is 3.25. The molecule has 1 amide bonds. The minimum Gasteiger partial charge on any atom is -0.415 e. The summed E-state index contributed by atoms with van der Waals surface area (Å²) in [6, 6.07) is 7.25. The zero-order chi connectivity index (χ0) is 21.2. The maximum Gasteiger partial charge on any atom is 0.256 e. The van der Waals surface area contributed by atoms with Gasteiger partial charge >= 0.3 is 0 Å². The van der Waals surface area contributed by atoms with E-state index in [-0.39, 0.29) is 17.0 Å². The summed E-state index contributed by atoms with van der Waals surface area (Å²) in [7, 11) is -1.93. The quantitative estimate of drug-likeness (QED) is 0.757. The van der Waals surface area contributed by atoms with Crippen LogP contribution in [0.2, 0.25) is 18.1 Å².